The van der Waals surface area contributed by atoms with Crippen LogP contribution in [-0.2, 0) is 16.0 Å². The highest BCUT2D eigenvalue weighted by atomic mass is 19.1. The summed E-state index contributed by atoms with van der Waals surface area (Å²) in [5, 5.41) is 36.0. The van der Waals surface area contributed by atoms with Crippen LogP contribution in [-0.4, -0.2) is 81.8 Å². The number of rotatable bonds is 15. The van der Waals surface area contributed by atoms with Gasteiger partial charge in [0.2, 0.25) is 0 Å². The highest BCUT2D eigenvalue weighted by Crippen LogP contribution is 2.30. The third-order valence-corrected chi connectivity index (χ3v) is 8.04. The topological polar surface area (TPSA) is 156 Å². The second-order valence-electron chi connectivity index (χ2n) is 11.9. The SMILES string of the molecule is CCCN(CCC)C(=O)c1cc(C)cc(C(=O)N[C@@H](Cc2cc(F)cc(F)c2)[C@H](O)CNC2C[C@@H](C(=O)O)C[C@@H](C(=O)O)C2)c1. The minimum Gasteiger partial charge on any atom is -0.481 e. The number of carbonyl (C=O) groups excluding carboxylic acids is 2. The predicted octanol–water partition coefficient (Wildman–Crippen LogP) is 3.78. The molecule has 0 saturated heterocycles. The summed E-state index contributed by atoms with van der Waals surface area (Å²) in [6, 6.07) is 6.08. The second kappa shape index (κ2) is 16.4. The largest absolute Gasteiger partial charge is 0.481 e. The van der Waals surface area contributed by atoms with E-state index < -0.39 is 59.5 Å². The lowest BCUT2D eigenvalue weighted by Crippen LogP contribution is -2.51. The number of aliphatic carboxylic acids is 2. The number of carboxylic acids is 2. The summed E-state index contributed by atoms with van der Waals surface area (Å²) in [7, 11) is 0. The van der Waals surface area contributed by atoms with E-state index >= 15 is 0 Å². The van der Waals surface area contributed by atoms with Crippen molar-refractivity contribution in [1.82, 2.24) is 15.5 Å². The van der Waals surface area contributed by atoms with Crippen molar-refractivity contribution in [2.45, 2.75) is 77.5 Å². The van der Waals surface area contributed by atoms with Crippen LogP contribution in [0.3, 0.4) is 0 Å². The van der Waals surface area contributed by atoms with Crippen LogP contribution < -0.4 is 10.6 Å². The summed E-state index contributed by atoms with van der Waals surface area (Å²) >= 11 is 0. The van der Waals surface area contributed by atoms with E-state index in [9.17, 15) is 43.3 Å². The number of aliphatic hydroxyl groups excluding tert-OH is 1. The zero-order chi connectivity index (χ0) is 33.3. The minimum atomic E-state index is -1.32. The Morgan fingerprint density at radius 1 is 0.867 bits per heavy atom. The van der Waals surface area contributed by atoms with Crippen LogP contribution in [0.5, 0.6) is 0 Å². The third-order valence-electron chi connectivity index (χ3n) is 8.04. The number of carbonyl (C=O) groups is 4. The van der Waals surface area contributed by atoms with Gasteiger partial charge in [0, 0.05) is 42.9 Å². The molecule has 45 heavy (non-hydrogen) atoms. The number of nitrogens with zero attached hydrogens (tertiary/aromatic N) is 1. The fourth-order valence-electron chi connectivity index (χ4n) is 5.91. The second-order valence-corrected chi connectivity index (χ2v) is 11.9. The van der Waals surface area contributed by atoms with Gasteiger partial charge in [0.25, 0.3) is 11.8 Å². The first kappa shape index (κ1) is 35.6. The monoisotopic (exact) mass is 631 g/mol. The molecular formula is C33H43F2N3O7. The van der Waals surface area contributed by atoms with Crippen LogP contribution in [0.25, 0.3) is 0 Å². The Morgan fingerprint density at radius 3 is 1.96 bits per heavy atom. The number of aliphatic hydroxyl groups is 1. The number of amides is 2. The van der Waals surface area contributed by atoms with E-state index in [1.54, 1.807) is 24.0 Å². The standard InChI is InChI=1S/C33H43F2N3O7/c1-4-6-38(7-5-2)31(41)22-9-19(3)8-21(13-22)30(40)37-28(12-20-10-25(34)17-26(35)11-20)29(39)18-36-27-15-23(32(42)43)14-24(16-27)33(44)45/h8-11,13,17,23-24,27-29,36,39H,4-7,12,14-16,18H2,1-3H3,(H,37,40)(H,42,43)(H,44,45)/t23-,24+,27?,28-,29+/m0/s1. The fourth-order valence-corrected chi connectivity index (χ4v) is 5.91. The zero-order valence-electron chi connectivity index (χ0n) is 25.9. The quantitative estimate of drug-likeness (QED) is 0.199. The van der Waals surface area contributed by atoms with E-state index in [0.29, 0.717) is 30.3 Å². The number of benzene rings is 2. The molecule has 1 saturated carbocycles. The van der Waals surface area contributed by atoms with Crippen LogP contribution in [0.2, 0.25) is 0 Å². The van der Waals surface area contributed by atoms with Crippen molar-refractivity contribution in [3.63, 3.8) is 0 Å². The molecule has 3 rings (SSSR count). The van der Waals surface area contributed by atoms with Crippen molar-refractivity contribution in [3.05, 3.63) is 70.3 Å². The fraction of sp³-hybridized carbons (Fsp3) is 0.515. The number of hydrogen-bond acceptors (Lipinski definition) is 6. The lowest BCUT2D eigenvalue weighted by molar-refractivity contribution is -0.148. The maximum Gasteiger partial charge on any atom is 0.306 e. The summed E-state index contributed by atoms with van der Waals surface area (Å²) in [4.78, 5) is 51.7. The molecule has 0 bridgehead atoms. The highest BCUT2D eigenvalue weighted by molar-refractivity contribution is 6.00. The van der Waals surface area contributed by atoms with Gasteiger partial charge in [0.05, 0.1) is 24.0 Å². The van der Waals surface area contributed by atoms with Gasteiger partial charge in [-0.25, -0.2) is 8.78 Å². The molecule has 2 amide bonds. The van der Waals surface area contributed by atoms with Crippen LogP contribution in [0.1, 0.15) is 77.8 Å². The Morgan fingerprint density at radius 2 is 1.42 bits per heavy atom. The molecule has 2 aromatic rings. The van der Waals surface area contributed by atoms with Gasteiger partial charge in [-0.2, -0.15) is 0 Å². The molecule has 0 spiro atoms. The molecule has 246 valence electrons. The molecule has 0 aromatic heterocycles. The first-order valence-corrected chi connectivity index (χ1v) is 15.3. The number of hydrogen-bond donors (Lipinski definition) is 5. The Labute approximate surface area is 261 Å². The van der Waals surface area contributed by atoms with Gasteiger partial charge in [-0.1, -0.05) is 13.8 Å². The molecule has 5 atom stereocenters. The van der Waals surface area contributed by atoms with E-state index in [0.717, 1.165) is 25.0 Å². The van der Waals surface area contributed by atoms with Crippen molar-refractivity contribution in [1.29, 1.82) is 0 Å². The summed E-state index contributed by atoms with van der Waals surface area (Å²) in [5.41, 5.74) is 1.36. The van der Waals surface area contributed by atoms with Gasteiger partial charge in [0.15, 0.2) is 0 Å². The van der Waals surface area contributed by atoms with Gasteiger partial charge in [-0.05, 0) is 86.9 Å². The smallest absolute Gasteiger partial charge is 0.306 e. The Balaban J connectivity index is 1.83. The number of aryl methyl sites for hydroxylation is 1. The van der Waals surface area contributed by atoms with Gasteiger partial charge in [0.1, 0.15) is 11.6 Å². The Hall–Kier alpha value is -3.90. The summed E-state index contributed by atoms with van der Waals surface area (Å²) in [5.74, 6) is -6.41. The van der Waals surface area contributed by atoms with Crippen LogP contribution >= 0.6 is 0 Å². The molecule has 0 aliphatic heterocycles. The van der Waals surface area contributed by atoms with Crippen molar-refractivity contribution in [3.8, 4) is 0 Å². The number of halogens is 2. The van der Waals surface area contributed by atoms with Crippen LogP contribution in [0.4, 0.5) is 8.78 Å². The van der Waals surface area contributed by atoms with E-state index in [1.165, 1.54) is 6.07 Å². The van der Waals surface area contributed by atoms with Crippen molar-refractivity contribution in [2.24, 2.45) is 11.8 Å². The van der Waals surface area contributed by atoms with Gasteiger partial charge < -0.3 is 30.9 Å². The lowest BCUT2D eigenvalue weighted by Gasteiger charge is -2.33. The summed E-state index contributed by atoms with van der Waals surface area (Å²) in [6.07, 6.45) is 0.398. The van der Waals surface area contributed by atoms with Crippen molar-refractivity contribution in [2.75, 3.05) is 19.6 Å². The van der Waals surface area contributed by atoms with E-state index in [1.807, 2.05) is 13.8 Å². The number of nitrogens with one attached hydrogen (secondary N) is 2. The van der Waals surface area contributed by atoms with Crippen LogP contribution in [0.15, 0.2) is 36.4 Å². The maximum atomic E-state index is 14.0. The molecule has 0 heterocycles. The average molecular weight is 632 g/mol. The average Bonchev–Trinajstić information content (AvgIpc) is 2.98. The molecule has 12 heteroatoms. The van der Waals surface area contributed by atoms with Gasteiger partial charge >= 0.3 is 11.9 Å². The third kappa shape index (κ3) is 10.3. The number of carboxylic acid groups (broad SMARTS) is 2. The Bertz CT molecular complexity index is 1320. The minimum absolute atomic E-state index is 0.00481. The molecule has 2 aromatic carbocycles. The van der Waals surface area contributed by atoms with Crippen molar-refractivity contribution < 1.29 is 43.3 Å². The molecule has 0 radical (unpaired) electrons. The molecule has 1 fully saturated rings. The zero-order valence-corrected chi connectivity index (χ0v) is 25.9. The Kier molecular flexibility index (Phi) is 13.0. The molecule has 5 N–H and O–H groups in total. The molecule has 1 aliphatic carbocycles. The lowest BCUT2D eigenvalue weighted by atomic mass is 9.78. The molecule has 1 unspecified atom stereocenters. The van der Waals surface area contributed by atoms with E-state index in [-0.39, 0.29) is 49.3 Å². The maximum absolute atomic E-state index is 14.0. The molecule has 1 aliphatic rings. The highest BCUT2D eigenvalue weighted by Gasteiger charge is 2.36. The first-order chi connectivity index (χ1) is 21.3. The normalized spacial score (nSPS) is 19.4. The predicted molar refractivity (Wildman–Crippen MR) is 163 cm³/mol. The van der Waals surface area contributed by atoms with Gasteiger partial charge in [-0.3, -0.25) is 19.2 Å². The summed E-state index contributed by atoms with van der Waals surface area (Å²) < 4.78 is 28.0. The van der Waals surface area contributed by atoms with Gasteiger partial charge in [-0.15, -0.1) is 0 Å². The first-order valence-electron chi connectivity index (χ1n) is 15.3. The van der Waals surface area contributed by atoms with Crippen molar-refractivity contribution >= 4 is 23.8 Å². The van der Waals surface area contributed by atoms with Crippen LogP contribution in [0, 0.1) is 30.4 Å². The summed E-state index contributed by atoms with van der Waals surface area (Å²) in [6.45, 7) is 6.66. The van der Waals surface area contributed by atoms with E-state index in [2.05, 4.69) is 10.6 Å². The molecule has 10 nitrogen and oxygen atoms in total. The molecular weight excluding hydrogens is 588 g/mol. The van der Waals surface area contributed by atoms with E-state index in [4.69, 9.17) is 0 Å².